The van der Waals surface area contributed by atoms with E-state index in [9.17, 15) is 14.7 Å². The molecule has 0 aliphatic rings. The van der Waals surface area contributed by atoms with Gasteiger partial charge in [-0.1, -0.05) is 41.9 Å². The molecule has 0 bridgehead atoms. The molecule has 2 heterocycles. The molecule has 0 saturated heterocycles. The topological polar surface area (TPSA) is 88.0 Å². The van der Waals surface area contributed by atoms with Crippen LogP contribution in [0.4, 0.5) is 0 Å². The summed E-state index contributed by atoms with van der Waals surface area (Å²) in [5.41, 5.74) is 2.38. The van der Waals surface area contributed by atoms with Crippen LogP contribution < -0.4 is 5.69 Å². The number of fused-ring (bicyclic) bond motifs is 1. The van der Waals surface area contributed by atoms with E-state index in [2.05, 4.69) is 35.9 Å². The molecule has 0 fully saturated rings. The summed E-state index contributed by atoms with van der Waals surface area (Å²) in [4.78, 5) is 32.1. The van der Waals surface area contributed by atoms with Crippen LogP contribution in [0.5, 0.6) is 0 Å². The molecule has 6 nitrogen and oxygen atoms in total. The molecule has 0 saturated carbocycles. The van der Waals surface area contributed by atoms with Gasteiger partial charge >= 0.3 is 11.7 Å². The molecule has 4 rings (SSSR count). The fourth-order valence-electron chi connectivity index (χ4n) is 3.48. The Morgan fingerprint density at radius 3 is 2.55 bits per heavy atom. The minimum absolute atomic E-state index is 0.135. The maximum Gasteiger partial charge on any atom is 0.354 e. The van der Waals surface area contributed by atoms with Crippen LogP contribution in [-0.2, 0) is 4.75 Å². The number of hydrogen-bond donors (Lipinski definition) is 2. The first-order valence-electron chi connectivity index (χ1n) is 9.57. The first-order chi connectivity index (χ1) is 14.7. The molecule has 0 radical (unpaired) electrons. The second-order valence-corrected chi connectivity index (χ2v) is 9.79. The SMILES string of the molecule is Cc1cc(C(=O)O)nc2c1[nH]c(=O)n2-c1cc(SC(C)(C)c2ccccc2)ccc1Cl. The van der Waals surface area contributed by atoms with Crippen molar-refractivity contribution in [3.8, 4) is 5.69 Å². The molecule has 0 spiro atoms. The third-order valence-corrected chi connectivity index (χ3v) is 6.62. The molecule has 0 aliphatic carbocycles. The normalized spacial score (nSPS) is 11.7. The van der Waals surface area contributed by atoms with Crippen LogP contribution in [0.3, 0.4) is 0 Å². The summed E-state index contributed by atoms with van der Waals surface area (Å²) >= 11 is 8.11. The number of nitrogens with one attached hydrogen (secondary N) is 1. The summed E-state index contributed by atoms with van der Waals surface area (Å²) in [6, 6.07) is 17.0. The number of halogens is 1. The standard InChI is InChI=1S/C23H20ClN3O3S/c1-13-11-17(21(28)29)25-20-19(13)26-22(30)27(20)18-12-15(9-10-16(18)24)31-23(2,3)14-7-5-4-6-8-14/h4-12H,1-3H3,(H,26,30)(H,28,29). The quantitative estimate of drug-likeness (QED) is 0.395. The molecule has 0 amide bonds. The summed E-state index contributed by atoms with van der Waals surface area (Å²) in [6.07, 6.45) is 0. The molecule has 158 valence electrons. The number of thioether (sulfide) groups is 1. The van der Waals surface area contributed by atoms with Crippen molar-refractivity contribution < 1.29 is 9.90 Å². The number of nitrogens with zero attached hydrogens (tertiary/aromatic N) is 2. The van der Waals surface area contributed by atoms with Gasteiger partial charge in [0.15, 0.2) is 11.3 Å². The van der Waals surface area contributed by atoms with Gasteiger partial charge in [-0.25, -0.2) is 19.1 Å². The van der Waals surface area contributed by atoms with E-state index in [0.29, 0.717) is 21.8 Å². The summed E-state index contributed by atoms with van der Waals surface area (Å²) in [5.74, 6) is -1.16. The van der Waals surface area contributed by atoms with E-state index < -0.39 is 11.7 Å². The Bertz CT molecular complexity index is 1360. The summed E-state index contributed by atoms with van der Waals surface area (Å²) in [5, 5.41) is 9.75. The Balaban J connectivity index is 1.85. The predicted octanol–water partition coefficient (Wildman–Crippen LogP) is 5.40. The maximum atomic E-state index is 12.8. The van der Waals surface area contributed by atoms with Crippen LogP contribution in [-0.4, -0.2) is 25.6 Å². The summed E-state index contributed by atoms with van der Waals surface area (Å²) in [6.45, 7) is 5.99. The lowest BCUT2D eigenvalue weighted by molar-refractivity contribution is 0.0690. The first kappa shape index (κ1) is 21.2. The van der Waals surface area contributed by atoms with Gasteiger partial charge in [-0.15, -0.1) is 11.8 Å². The van der Waals surface area contributed by atoms with Gasteiger partial charge in [-0.2, -0.15) is 0 Å². The van der Waals surface area contributed by atoms with E-state index in [4.69, 9.17) is 11.6 Å². The van der Waals surface area contributed by atoms with E-state index in [1.807, 2.05) is 30.3 Å². The second-order valence-electron chi connectivity index (χ2n) is 7.69. The molecular formula is C23H20ClN3O3S. The maximum absolute atomic E-state index is 12.8. The number of aromatic nitrogens is 3. The summed E-state index contributed by atoms with van der Waals surface area (Å²) in [7, 11) is 0. The number of benzene rings is 2. The Hall–Kier alpha value is -3.03. The van der Waals surface area contributed by atoms with Crippen molar-refractivity contribution in [3.63, 3.8) is 0 Å². The average Bonchev–Trinajstić information content (AvgIpc) is 3.06. The van der Waals surface area contributed by atoms with E-state index >= 15 is 0 Å². The van der Waals surface area contributed by atoms with Crippen LogP contribution in [0.15, 0.2) is 64.3 Å². The van der Waals surface area contributed by atoms with Gasteiger partial charge < -0.3 is 10.1 Å². The lowest BCUT2D eigenvalue weighted by Gasteiger charge is -2.25. The zero-order valence-corrected chi connectivity index (χ0v) is 18.7. The fraction of sp³-hybridized carbons (Fsp3) is 0.174. The second kappa shape index (κ2) is 7.90. The van der Waals surface area contributed by atoms with Crippen LogP contribution in [0.2, 0.25) is 5.02 Å². The molecule has 4 aromatic rings. The number of pyridine rings is 1. The Morgan fingerprint density at radius 2 is 1.87 bits per heavy atom. The van der Waals surface area contributed by atoms with Crippen molar-refractivity contribution in [1.29, 1.82) is 0 Å². The lowest BCUT2D eigenvalue weighted by atomic mass is 10.0. The molecule has 2 N–H and O–H groups in total. The number of aromatic amines is 1. The number of rotatable bonds is 5. The van der Waals surface area contributed by atoms with Crippen LogP contribution in [0.25, 0.3) is 16.9 Å². The van der Waals surface area contributed by atoms with E-state index in [1.165, 1.54) is 16.2 Å². The fourth-order valence-corrected chi connectivity index (χ4v) is 4.84. The highest BCUT2D eigenvalue weighted by Crippen LogP contribution is 2.42. The highest BCUT2D eigenvalue weighted by molar-refractivity contribution is 8.00. The lowest BCUT2D eigenvalue weighted by Crippen LogP contribution is -2.16. The monoisotopic (exact) mass is 453 g/mol. The zero-order valence-electron chi connectivity index (χ0n) is 17.1. The van der Waals surface area contributed by atoms with Gasteiger partial charge in [0, 0.05) is 9.64 Å². The highest BCUT2D eigenvalue weighted by Gasteiger charge is 2.23. The molecule has 0 aliphatic heterocycles. The van der Waals surface area contributed by atoms with Crippen LogP contribution in [0.1, 0.15) is 35.5 Å². The van der Waals surface area contributed by atoms with Gasteiger partial charge in [0.05, 0.1) is 16.2 Å². The molecular weight excluding hydrogens is 434 g/mol. The van der Waals surface area contributed by atoms with Gasteiger partial charge in [0.2, 0.25) is 0 Å². The molecule has 0 atom stereocenters. The molecule has 31 heavy (non-hydrogen) atoms. The molecule has 2 aromatic carbocycles. The van der Waals surface area contributed by atoms with E-state index in [1.54, 1.807) is 24.8 Å². The van der Waals surface area contributed by atoms with Crippen LogP contribution >= 0.6 is 23.4 Å². The number of imidazole rings is 1. The molecule has 2 aromatic heterocycles. The van der Waals surface area contributed by atoms with Crippen molar-refractivity contribution in [3.05, 3.63) is 86.9 Å². The zero-order chi connectivity index (χ0) is 22.3. The highest BCUT2D eigenvalue weighted by atomic mass is 35.5. The number of hydrogen-bond acceptors (Lipinski definition) is 4. The van der Waals surface area contributed by atoms with E-state index in [-0.39, 0.29) is 16.1 Å². The minimum Gasteiger partial charge on any atom is -0.477 e. The van der Waals surface area contributed by atoms with Crippen molar-refractivity contribution in [2.24, 2.45) is 0 Å². The number of carboxylic acid groups (broad SMARTS) is 1. The number of aromatic carboxylic acids is 1. The molecule has 0 unspecified atom stereocenters. The minimum atomic E-state index is -1.16. The molecule has 8 heteroatoms. The predicted molar refractivity (Wildman–Crippen MR) is 124 cm³/mol. The Labute approximate surface area is 187 Å². The Morgan fingerprint density at radius 1 is 1.16 bits per heavy atom. The third kappa shape index (κ3) is 3.98. The van der Waals surface area contributed by atoms with Gasteiger partial charge in [0.25, 0.3) is 0 Å². The largest absolute Gasteiger partial charge is 0.477 e. The van der Waals surface area contributed by atoms with Crippen LogP contribution in [0, 0.1) is 6.92 Å². The average molecular weight is 454 g/mol. The van der Waals surface area contributed by atoms with Gasteiger partial charge in [-0.05, 0) is 56.2 Å². The van der Waals surface area contributed by atoms with Gasteiger partial charge in [-0.3, -0.25) is 0 Å². The number of carboxylic acids is 1. The Kier molecular flexibility index (Phi) is 5.41. The summed E-state index contributed by atoms with van der Waals surface area (Å²) < 4.78 is 1.11. The number of carbonyl (C=O) groups is 1. The first-order valence-corrected chi connectivity index (χ1v) is 10.8. The van der Waals surface area contributed by atoms with E-state index in [0.717, 1.165) is 4.90 Å². The third-order valence-electron chi connectivity index (χ3n) is 5.06. The van der Waals surface area contributed by atoms with Crippen molar-refractivity contribution in [1.82, 2.24) is 14.5 Å². The van der Waals surface area contributed by atoms with Crippen molar-refractivity contribution in [2.45, 2.75) is 30.4 Å². The smallest absolute Gasteiger partial charge is 0.354 e. The van der Waals surface area contributed by atoms with Crippen molar-refractivity contribution >= 4 is 40.5 Å². The number of aryl methyl sites for hydroxylation is 1. The van der Waals surface area contributed by atoms with Gasteiger partial charge in [0.1, 0.15) is 0 Å². The van der Waals surface area contributed by atoms with Crippen molar-refractivity contribution in [2.75, 3.05) is 0 Å². The number of H-pyrrole nitrogens is 1.